The second-order valence-corrected chi connectivity index (χ2v) is 11.0. The van der Waals surface area contributed by atoms with Crippen LogP contribution < -0.4 is 9.80 Å². The fourth-order valence-corrected chi connectivity index (χ4v) is 5.98. The number of hydrogen-bond acceptors (Lipinski definition) is 4. The SMILES string of the molecule is Cc1ccc(C(C)C)cc1N1CCc2nc(-c3ccc(F)c4[nH]cc(C)c34)nc(N3CCCCC3)c2C1. The van der Waals surface area contributed by atoms with Gasteiger partial charge in [0.15, 0.2) is 5.82 Å². The number of rotatable bonds is 4. The quantitative estimate of drug-likeness (QED) is 0.328. The zero-order valence-electron chi connectivity index (χ0n) is 22.4. The molecule has 5 nitrogen and oxygen atoms in total. The van der Waals surface area contributed by atoms with E-state index in [1.807, 2.05) is 19.2 Å². The predicted octanol–water partition coefficient (Wildman–Crippen LogP) is 7.06. The molecule has 0 atom stereocenters. The lowest BCUT2D eigenvalue weighted by atomic mass is 9.98. The lowest BCUT2D eigenvalue weighted by molar-refractivity contribution is 0.568. The maximum absolute atomic E-state index is 14.6. The van der Waals surface area contributed by atoms with Gasteiger partial charge >= 0.3 is 0 Å². The van der Waals surface area contributed by atoms with Crippen molar-refractivity contribution in [2.45, 2.75) is 65.8 Å². The largest absolute Gasteiger partial charge is 0.366 e. The number of fused-ring (bicyclic) bond motifs is 2. The lowest BCUT2D eigenvalue weighted by Crippen LogP contribution is -2.36. The van der Waals surface area contributed by atoms with Crippen LogP contribution in [0.2, 0.25) is 0 Å². The summed E-state index contributed by atoms with van der Waals surface area (Å²) in [6, 6.07) is 10.2. The molecule has 0 unspecified atom stereocenters. The molecule has 4 heterocycles. The predicted molar refractivity (Wildman–Crippen MR) is 150 cm³/mol. The van der Waals surface area contributed by atoms with E-state index in [1.165, 1.54) is 47.7 Å². The third kappa shape index (κ3) is 4.26. The Kier molecular flexibility index (Phi) is 6.13. The number of aryl methyl sites for hydroxylation is 2. The van der Waals surface area contributed by atoms with Gasteiger partial charge in [0.05, 0.1) is 11.2 Å². The van der Waals surface area contributed by atoms with E-state index in [1.54, 1.807) is 0 Å². The van der Waals surface area contributed by atoms with Gasteiger partial charge in [-0.3, -0.25) is 0 Å². The maximum atomic E-state index is 14.6. The highest BCUT2D eigenvalue weighted by Gasteiger charge is 2.28. The second kappa shape index (κ2) is 9.47. The standard InChI is InChI=1S/C31H36FN5/c1-19(2)22-9-8-20(3)27(16-22)37-15-12-26-24(18-37)31(36-13-6-5-7-14-36)35-30(34-26)23-10-11-25(32)29-28(23)21(4)17-33-29/h8-11,16-17,19,33H,5-7,12-15,18H2,1-4H3. The first kappa shape index (κ1) is 24.0. The summed E-state index contributed by atoms with van der Waals surface area (Å²) in [4.78, 5) is 18.4. The van der Waals surface area contributed by atoms with Gasteiger partial charge in [0.1, 0.15) is 11.6 Å². The first-order valence-electron chi connectivity index (χ1n) is 13.7. The second-order valence-electron chi connectivity index (χ2n) is 11.0. The summed E-state index contributed by atoms with van der Waals surface area (Å²) in [5.41, 5.74) is 8.81. The molecule has 0 amide bonds. The molecule has 37 heavy (non-hydrogen) atoms. The lowest BCUT2D eigenvalue weighted by Gasteiger charge is -2.36. The minimum Gasteiger partial charge on any atom is -0.366 e. The van der Waals surface area contributed by atoms with Crippen LogP contribution in [0.25, 0.3) is 22.3 Å². The van der Waals surface area contributed by atoms with Crippen molar-refractivity contribution in [2.24, 2.45) is 0 Å². The van der Waals surface area contributed by atoms with Gasteiger partial charge in [-0.15, -0.1) is 0 Å². The molecule has 0 spiro atoms. The van der Waals surface area contributed by atoms with E-state index in [4.69, 9.17) is 9.97 Å². The molecule has 0 saturated carbocycles. The van der Waals surface area contributed by atoms with Crippen molar-refractivity contribution in [3.05, 3.63) is 70.3 Å². The van der Waals surface area contributed by atoms with Crippen molar-refractivity contribution in [1.29, 1.82) is 0 Å². The number of H-pyrrole nitrogens is 1. The van der Waals surface area contributed by atoms with Crippen molar-refractivity contribution < 1.29 is 4.39 Å². The normalized spacial score (nSPS) is 16.1. The molecular weight excluding hydrogens is 461 g/mol. The molecule has 192 valence electrons. The molecule has 2 aromatic heterocycles. The summed E-state index contributed by atoms with van der Waals surface area (Å²) in [6.45, 7) is 12.5. The molecule has 0 aliphatic carbocycles. The molecule has 1 N–H and O–H groups in total. The Balaban J connectivity index is 1.47. The van der Waals surface area contributed by atoms with Crippen LogP contribution in [-0.2, 0) is 13.0 Å². The van der Waals surface area contributed by atoms with Crippen molar-refractivity contribution in [3.8, 4) is 11.4 Å². The summed E-state index contributed by atoms with van der Waals surface area (Å²) < 4.78 is 14.6. The Morgan fingerprint density at radius 1 is 0.919 bits per heavy atom. The summed E-state index contributed by atoms with van der Waals surface area (Å²) in [5, 5.41) is 0.878. The summed E-state index contributed by atoms with van der Waals surface area (Å²) in [7, 11) is 0. The van der Waals surface area contributed by atoms with Gasteiger partial charge < -0.3 is 14.8 Å². The van der Waals surface area contributed by atoms with Crippen molar-refractivity contribution >= 4 is 22.4 Å². The van der Waals surface area contributed by atoms with E-state index in [9.17, 15) is 4.39 Å². The number of hydrogen-bond donors (Lipinski definition) is 1. The first-order chi connectivity index (χ1) is 17.9. The molecule has 0 bridgehead atoms. The number of benzene rings is 2. The molecule has 2 aliphatic heterocycles. The van der Waals surface area contributed by atoms with Crippen LogP contribution in [0, 0.1) is 19.7 Å². The average Bonchev–Trinajstić information content (AvgIpc) is 3.31. The van der Waals surface area contributed by atoms with Gasteiger partial charge in [0.2, 0.25) is 0 Å². The fourth-order valence-electron chi connectivity index (χ4n) is 5.98. The topological polar surface area (TPSA) is 48.1 Å². The summed E-state index contributed by atoms with van der Waals surface area (Å²) in [5.74, 6) is 2.03. The van der Waals surface area contributed by atoms with Crippen LogP contribution in [0.1, 0.15) is 67.0 Å². The van der Waals surface area contributed by atoms with E-state index in [-0.39, 0.29) is 5.82 Å². The monoisotopic (exact) mass is 497 g/mol. The molecular formula is C31H36FN5. The van der Waals surface area contributed by atoms with Crippen LogP contribution in [0.4, 0.5) is 15.9 Å². The van der Waals surface area contributed by atoms with Crippen LogP contribution >= 0.6 is 0 Å². The van der Waals surface area contributed by atoms with E-state index >= 15 is 0 Å². The number of anilines is 2. The smallest absolute Gasteiger partial charge is 0.162 e. The van der Waals surface area contributed by atoms with Crippen LogP contribution in [0.15, 0.2) is 36.5 Å². The van der Waals surface area contributed by atoms with Crippen LogP contribution in [-0.4, -0.2) is 34.6 Å². The molecule has 1 fully saturated rings. The number of nitrogens with zero attached hydrogens (tertiary/aromatic N) is 4. The summed E-state index contributed by atoms with van der Waals surface area (Å²) >= 11 is 0. The first-order valence-corrected chi connectivity index (χ1v) is 13.7. The van der Waals surface area contributed by atoms with Crippen molar-refractivity contribution in [3.63, 3.8) is 0 Å². The highest BCUT2D eigenvalue weighted by atomic mass is 19.1. The Hall–Kier alpha value is -3.41. The maximum Gasteiger partial charge on any atom is 0.162 e. The van der Waals surface area contributed by atoms with Gasteiger partial charge in [0, 0.05) is 61.0 Å². The van der Waals surface area contributed by atoms with Gasteiger partial charge in [-0.25, -0.2) is 14.4 Å². The molecule has 6 heteroatoms. The molecule has 1 saturated heterocycles. The number of piperidine rings is 1. The Morgan fingerprint density at radius 2 is 1.73 bits per heavy atom. The number of halogens is 1. The van der Waals surface area contributed by atoms with E-state index in [0.717, 1.165) is 60.6 Å². The fraction of sp³-hybridized carbons (Fsp3) is 0.419. The van der Waals surface area contributed by atoms with Gasteiger partial charge in [-0.2, -0.15) is 0 Å². The van der Waals surface area contributed by atoms with E-state index < -0.39 is 0 Å². The van der Waals surface area contributed by atoms with Crippen LogP contribution in [0.3, 0.4) is 0 Å². The Bertz CT molecular complexity index is 1460. The van der Waals surface area contributed by atoms with E-state index in [0.29, 0.717) is 17.3 Å². The molecule has 2 aliphatic rings. The Morgan fingerprint density at radius 3 is 2.51 bits per heavy atom. The molecule has 0 radical (unpaired) electrons. The Labute approximate surface area is 218 Å². The number of aromatic amines is 1. The number of nitrogens with one attached hydrogen (secondary N) is 1. The molecule has 4 aromatic rings. The zero-order chi connectivity index (χ0) is 25.7. The minimum atomic E-state index is -0.240. The van der Waals surface area contributed by atoms with Crippen LogP contribution in [0.5, 0.6) is 0 Å². The highest BCUT2D eigenvalue weighted by Crippen LogP contribution is 2.37. The molecule has 2 aromatic carbocycles. The van der Waals surface area contributed by atoms with Gasteiger partial charge in [0.25, 0.3) is 0 Å². The zero-order valence-corrected chi connectivity index (χ0v) is 22.4. The molecule has 6 rings (SSSR count). The van der Waals surface area contributed by atoms with E-state index in [2.05, 4.69) is 53.8 Å². The van der Waals surface area contributed by atoms with Gasteiger partial charge in [-0.05, 0) is 73.9 Å². The minimum absolute atomic E-state index is 0.240. The third-order valence-electron chi connectivity index (χ3n) is 8.16. The average molecular weight is 498 g/mol. The van der Waals surface area contributed by atoms with Crippen molar-refractivity contribution in [1.82, 2.24) is 15.0 Å². The number of aromatic nitrogens is 3. The van der Waals surface area contributed by atoms with Crippen molar-refractivity contribution in [2.75, 3.05) is 29.4 Å². The third-order valence-corrected chi connectivity index (χ3v) is 8.16. The summed E-state index contributed by atoms with van der Waals surface area (Å²) in [6.07, 6.45) is 6.38. The van der Waals surface area contributed by atoms with Gasteiger partial charge in [-0.1, -0.05) is 26.0 Å². The highest BCUT2D eigenvalue weighted by molar-refractivity contribution is 5.96.